The Morgan fingerprint density at radius 3 is 2.03 bits per heavy atom. The number of anilines is 3. The Bertz CT molecular complexity index is 1130. The number of hydrogen-bond acceptors (Lipinski definition) is 6. The van der Waals surface area contributed by atoms with E-state index in [1.165, 1.54) is 24.3 Å². The topological polar surface area (TPSA) is 166 Å². The Kier molecular flexibility index (Phi) is 9.38. The number of nitrogens with two attached hydrogens (primary N) is 2. The monoisotopic (exact) mass is 505 g/mol. The summed E-state index contributed by atoms with van der Waals surface area (Å²) in [5, 5.41) is 13.2. The van der Waals surface area contributed by atoms with Gasteiger partial charge in [-0.3, -0.25) is 4.79 Å². The Labute approximate surface area is 206 Å². The van der Waals surface area contributed by atoms with Crippen molar-refractivity contribution < 1.29 is 22.7 Å². The number of benzene rings is 2. The minimum atomic E-state index is -3.81. The summed E-state index contributed by atoms with van der Waals surface area (Å²) >= 11 is 0. The third-order valence-corrected chi connectivity index (χ3v) is 5.97. The zero-order chi connectivity index (χ0) is 26.3. The van der Waals surface area contributed by atoms with E-state index in [0.29, 0.717) is 30.1 Å². The molecule has 35 heavy (non-hydrogen) atoms. The van der Waals surface area contributed by atoms with Crippen molar-refractivity contribution in [2.45, 2.75) is 63.0 Å². The molecule has 2 aromatic rings. The number of rotatable bonds is 11. The minimum Gasteiger partial charge on any atom is -0.375 e. The average Bonchev–Trinajstić information content (AvgIpc) is 2.71. The van der Waals surface area contributed by atoms with Gasteiger partial charge in [-0.05, 0) is 83.0 Å². The van der Waals surface area contributed by atoms with E-state index in [4.69, 9.17) is 15.6 Å². The van der Waals surface area contributed by atoms with Crippen LogP contribution in [0.4, 0.5) is 21.9 Å². The Balaban J connectivity index is 1.85. The lowest BCUT2D eigenvalue weighted by Crippen LogP contribution is -2.35. The first kappa shape index (κ1) is 28.2. The lowest BCUT2D eigenvalue weighted by atomic mass is 10.0. The predicted octanol–water partition coefficient (Wildman–Crippen LogP) is 3.62. The standard InChI is InChI=1S/C24H35N5O5S/c1-23(2,25)14-15-34-24(3,4)13-12-21(30)27-18-6-5-7-19(16-18)29-22(31)28-17-8-10-20(11-9-17)35(26,32)33/h5-11,16H,12-15,25H2,1-4H3,(H,27,30)(H2,26,32,33)(H2,28,29,31). The van der Waals surface area contributed by atoms with Crippen molar-refractivity contribution in [2.24, 2.45) is 10.9 Å². The van der Waals surface area contributed by atoms with Crippen molar-refractivity contribution in [3.63, 3.8) is 0 Å². The maximum Gasteiger partial charge on any atom is 0.323 e. The molecule has 0 fully saturated rings. The number of urea groups is 1. The number of nitrogens with one attached hydrogen (secondary N) is 3. The fraction of sp³-hybridized carbons (Fsp3) is 0.417. The smallest absolute Gasteiger partial charge is 0.323 e. The molecule has 0 radical (unpaired) electrons. The van der Waals surface area contributed by atoms with Crippen molar-refractivity contribution in [3.05, 3.63) is 48.5 Å². The van der Waals surface area contributed by atoms with Crippen LogP contribution in [0, 0.1) is 0 Å². The van der Waals surface area contributed by atoms with Crippen molar-refractivity contribution in [1.29, 1.82) is 0 Å². The lowest BCUT2D eigenvalue weighted by molar-refractivity contribution is -0.118. The number of amides is 3. The van der Waals surface area contributed by atoms with Crippen LogP contribution in [0.1, 0.15) is 47.0 Å². The fourth-order valence-electron chi connectivity index (χ4n) is 3.00. The molecule has 0 atom stereocenters. The third kappa shape index (κ3) is 10.9. The molecule has 2 rings (SSSR count). The molecule has 0 unspecified atom stereocenters. The van der Waals surface area contributed by atoms with Gasteiger partial charge in [0.15, 0.2) is 0 Å². The van der Waals surface area contributed by atoms with Crippen LogP contribution in [0.2, 0.25) is 0 Å². The summed E-state index contributed by atoms with van der Waals surface area (Å²) in [6.07, 6.45) is 1.52. The van der Waals surface area contributed by atoms with Crippen molar-refractivity contribution in [3.8, 4) is 0 Å². The van der Waals surface area contributed by atoms with Crippen LogP contribution in [0.25, 0.3) is 0 Å². The number of ether oxygens (including phenoxy) is 1. The van der Waals surface area contributed by atoms with E-state index in [9.17, 15) is 18.0 Å². The Morgan fingerprint density at radius 2 is 1.46 bits per heavy atom. The normalized spacial score (nSPS) is 12.2. The molecule has 0 aromatic heterocycles. The summed E-state index contributed by atoms with van der Waals surface area (Å²) < 4.78 is 28.5. The maximum absolute atomic E-state index is 12.4. The SMILES string of the molecule is CC(C)(N)CCOC(C)(C)CCC(=O)Nc1cccc(NC(=O)Nc2ccc(S(N)(=O)=O)cc2)c1. The van der Waals surface area contributed by atoms with Gasteiger partial charge in [0.2, 0.25) is 15.9 Å². The second kappa shape index (κ2) is 11.6. The van der Waals surface area contributed by atoms with Crippen LogP contribution in [0.15, 0.2) is 53.4 Å². The van der Waals surface area contributed by atoms with E-state index in [2.05, 4.69) is 16.0 Å². The van der Waals surface area contributed by atoms with Crippen LogP contribution in [-0.2, 0) is 19.6 Å². The molecule has 0 saturated heterocycles. The van der Waals surface area contributed by atoms with Gasteiger partial charge in [-0.2, -0.15) is 0 Å². The Morgan fingerprint density at radius 1 is 0.886 bits per heavy atom. The number of primary sulfonamides is 1. The number of carbonyl (C=O) groups is 2. The molecule has 0 heterocycles. The van der Waals surface area contributed by atoms with Gasteiger partial charge in [0.25, 0.3) is 0 Å². The molecule has 10 nitrogen and oxygen atoms in total. The zero-order valence-electron chi connectivity index (χ0n) is 20.6. The molecule has 3 amide bonds. The van der Waals surface area contributed by atoms with Crippen molar-refractivity contribution in [2.75, 3.05) is 22.6 Å². The van der Waals surface area contributed by atoms with Gasteiger partial charge in [-0.25, -0.2) is 18.4 Å². The molecule has 0 aliphatic carbocycles. The highest BCUT2D eigenvalue weighted by atomic mass is 32.2. The van der Waals surface area contributed by atoms with Gasteiger partial charge in [0.05, 0.1) is 10.5 Å². The summed E-state index contributed by atoms with van der Waals surface area (Å²) in [7, 11) is -3.81. The molecule has 7 N–H and O–H groups in total. The van der Waals surface area contributed by atoms with Crippen molar-refractivity contribution >= 4 is 39.0 Å². The molecule has 0 spiro atoms. The van der Waals surface area contributed by atoms with Crippen LogP contribution in [-0.4, -0.2) is 38.1 Å². The zero-order valence-corrected chi connectivity index (χ0v) is 21.4. The average molecular weight is 506 g/mol. The summed E-state index contributed by atoms with van der Waals surface area (Å²) in [4.78, 5) is 24.7. The molecule has 0 aliphatic rings. The molecule has 0 aliphatic heterocycles. The van der Waals surface area contributed by atoms with Crippen LogP contribution in [0.5, 0.6) is 0 Å². The number of carbonyl (C=O) groups excluding carboxylic acids is 2. The minimum absolute atomic E-state index is 0.0543. The van der Waals surface area contributed by atoms with Gasteiger partial charge in [-0.1, -0.05) is 6.07 Å². The van der Waals surface area contributed by atoms with Crippen molar-refractivity contribution in [1.82, 2.24) is 0 Å². The van der Waals surface area contributed by atoms with Gasteiger partial charge >= 0.3 is 6.03 Å². The van der Waals surface area contributed by atoms with Gasteiger partial charge in [0, 0.05) is 35.6 Å². The third-order valence-electron chi connectivity index (χ3n) is 5.04. The molecule has 0 bridgehead atoms. The number of hydrogen-bond donors (Lipinski definition) is 5. The van der Waals surface area contributed by atoms with Crippen LogP contribution < -0.4 is 26.8 Å². The molecule has 0 saturated carbocycles. The lowest BCUT2D eigenvalue weighted by Gasteiger charge is -2.27. The van der Waals surface area contributed by atoms with Gasteiger partial charge < -0.3 is 26.4 Å². The van der Waals surface area contributed by atoms with Crippen LogP contribution >= 0.6 is 0 Å². The summed E-state index contributed by atoms with van der Waals surface area (Å²) in [5.74, 6) is -0.169. The second-order valence-electron chi connectivity index (χ2n) is 9.62. The summed E-state index contributed by atoms with van der Waals surface area (Å²) in [6.45, 7) is 8.28. The molecular formula is C24H35N5O5S. The molecule has 192 valence electrons. The highest BCUT2D eigenvalue weighted by molar-refractivity contribution is 7.89. The largest absolute Gasteiger partial charge is 0.375 e. The number of sulfonamides is 1. The summed E-state index contributed by atoms with van der Waals surface area (Å²) in [5.41, 5.74) is 6.60. The van der Waals surface area contributed by atoms with Crippen LogP contribution in [0.3, 0.4) is 0 Å². The summed E-state index contributed by atoms with van der Waals surface area (Å²) in [6, 6.07) is 11.7. The fourth-order valence-corrected chi connectivity index (χ4v) is 3.51. The van der Waals surface area contributed by atoms with E-state index >= 15 is 0 Å². The van der Waals surface area contributed by atoms with E-state index in [1.807, 2.05) is 27.7 Å². The Hall–Kier alpha value is -2.99. The molecule has 11 heteroatoms. The van der Waals surface area contributed by atoms with E-state index in [0.717, 1.165) is 6.42 Å². The predicted molar refractivity (Wildman–Crippen MR) is 138 cm³/mol. The highest BCUT2D eigenvalue weighted by Gasteiger charge is 2.21. The quantitative estimate of drug-likeness (QED) is 0.313. The molecular weight excluding hydrogens is 470 g/mol. The molecule has 2 aromatic carbocycles. The van der Waals surface area contributed by atoms with Gasteiger partial charge in [-0.15, -0.1) is 0 Å². The highest BCUT2D eigenvalue weighted by Crippen LogP contribution is 2.21. The van der Waals surface area contributed by atoms with E-state index < -0.39 is 21.7 Å². The van der Waals surface area contributed by atoms with E-state index in [-0.39, 0.29) is 22.8 Å². The van der Waals surface area contributed by atoms with Gasteiger partial charge in [0.1, 0.15) is 0 Å². The first-order valence-electron chi connectivity index (χ1n) is 11.2. The first-order chi connectivity index (χ1) is 16.1. The maximum atomic E-state index is 12.4. The first-order valence-corrected chi connectivity index (χ1v) is 12.7. The van der Waals surface area contributed by atoms with E-state index in [1.54, 1.807) is 24.3 Å². The second-order valence-corrected chi connectivity index (χ2v) is 11.2.